The zero-order valence-corrected chi connectivity index (χ0v) is 33.9. The molecular formula is C57H41NS. The quantitative estimate of drug-likeness (QED) is 0.156. The maximum Gasteiger partial charge on any atom is 0.0476 e. The minimum absolute atomic E-state index is 0.0935. The highest BCUT2D eigenvalue weighted by Crippen LogP contribution is 2.56. The van der Waals surface area contributed by atoms with Crippen molar-refractivity contribution in [1.29, 1.82) is 0 Å². The maximum atomic E-state index is 2.49. The van der Waals surface area contributed by atoms with E-state index in [4.69, 9.17) is 0 Å². The molecule has 0 aliphatic heterocycles. The first-order valence-corrected chi connectivity index (χ1v) is 21.2. The van der Waals surface area contributed by atoms with Gasteiger partial charge in [0.15, 0.2) is 0 Å². The number of nitrogens with zero attached hydrogens (tertiary/aromatic N) is 1. The third-order valence-corrected chi connectivity index (χ3v) is 13.4. The van der Waals surface area contributed by atoms with Gasteiger partial charge in [-0.15, -0.1) is 11.3 Å². The molecule has 0 amide bonds. The van der Waals surface area contributed by atoms with E-state index < -0.39 is 0 Å². The molecule has 0 fully saturated rings. The van der Waals surface area contributed by atoms with Crippen LogP contribution in [0.3, 0.4) is 0 Å². The Bertz CT molecular complexity index is 3130. The Kier molecular flexibility index (Phi) is 8.43. The minimum atomic E-state index is -0.0935. The van der Waals surface area contributed by atoms with Crippen LogP contribution in [-0.4, -0.2) is 0 Å². The van der Waals surface area contributed by atoms with Crippen LogP contribution in [0.4, 0.5) is 17.1 Å². The highest BCUT2D eigenvalue weighted by Gasteiger charge is 2.38. The summed E-state index contributed by atoms with van der Waals surface area (Å²) in [6.07, 6.45) is 0. The summed E-state index contributed by atoms with van der Waals surface area (Å²) in [4.78, 5) is 2.40. The molecule has 0 unspecified atom stereocenters. The summed E-state index contributed by atoms with van der Waals surface area (Å²) >= 11 is 1.91. The number of benzene rings is 9. The van der Waals surface area contributed by atoms with Crippen molar-refractivity contribution in [3.8, 4) is 55.6 Å². The Labute approximate surface area is 350 Å². The van der Waals surface area contributed by atoms with Crippen LogP contribution in [0.1, 0.15) is 25.0 Å². The maximum absolute atomic E-state index is 2.49. The van der Waals surface area contributed by atoms with Crippen molar-refractivity contribution < 1.29 is 0 Å². The minimum Gasteiger partial charge on any atom is -0.310 e. The fourth-order valence-electron chi connectivity index (χ4n) is 9.29. The van der Waals surface area contributed by atoms with Gasteiger partial charge in [0.25, 0.3) is 0 Å². The van der Waals surface area contributed by atoms with Gasteiger partial charge in [-0.2, -0.15) is 0 Å². The van der Waals surface area contributed by atoms with E-state index in [0.717, 1.165) is 17.1 Å². The van der Waals surface area contributed by atoms with E-state index >= 15 is 0 Å². The average Bonchev–Trinajstić information content (AvgIpc) is 3.78. The molecule has 1 aliphatic rings. The molecule has 1 heterocycles. The van der Waals surface area contributed by atoms with E-state index in [2.05, 4.69) is 231 Å². The summed E-state index contributed by atoms with van der Waals surface area (Å²) in [5.41, 5.74) is 18.7. The molecule has 0 N–H and O–H groups in total. The summed E-state index contributed by atoms with van der Waals surface area (Å²) in [5, 5.41) is 2.64. The molecule has 280 valence electrons. The van der Waals surface area contributed by atoms with Crippen LogP contribution in [-0.2, 0) is 5.41 Å². The number of thiophene rings is 1. The van der Waals surface area contributed by atoms with Gasteiger partial charge in [-0.25, -0.2) is 0 Å². The van der Waals surface area contributed by atoms with Crippen molar-refractivity contribution >= 4 is 48.6 Å². The van der Waals surface area contributed by atoms with Crippen molar-refractivity contribution in [2.45, 2.75) is 19.3 Å². The van der Waals surface area contributed by atoms with E-state index in [1.807, 2.05) is 11.3 Å². The summed E-state index contributed by atoms with van der Waals surface area (Å²) < 4.78 is 2.61. The molecule has 59 heavy (non-hydrogen) atoms. The molecule has 0 bridgehead atoms. The van der Waals surface area contributed by atoms with Crippen molar-refractivity contribution in [2.75, 3.05) is 4.90 Å². The van der Waals surface area contributed by atoms with E-state index in [-0.39, 0.29) is 5.41 Å². The number of hydrogen-bond donors (Lipinski definition) is 0. The van der Waals surface area contributed by atoms with Crippen molar-refractivity contribution in [2.24, 2.45) is 0 Å². The third-order valence-electron chi connectivity index (χ3n) is 12.3. The summed E-state index contributed by atoms with van der Waals surface area (Å²) in [6, 6.07) is 77.7. The van der Waals surface area contributed by atoms with Crippen LogP contribution >= 0.6 is 11.3 Å². The van der Waals surface area contributed by atoms with E-state index in [1.165, 1.54) is 86.9 Å². The van der Waals surface area contributed by atoms with Crippen LogP contribution in [0.15, 0.2) is 212 Å². The van der Waals surface area contributed by atoms with Crippen molar-refractivity contribution in [1.82, 2.24) is 0 Å². The Hall–Kier alpha value is -7.00. The topological polar surface area (TPSA) is 3.24 Å². The summed E-state index contributed by atoms with van der Waals surface area (Å²) in [6.45, 7) is 4.77. The van der Waals surface area contributed by atoms with Gasteiger partial charge in [0.05, 0.1) is 0 Å². The fourth-order valence-corrected chi connectivity index (χ4v) is 10.5. The van der Waals surface area contributed by atoms with Gasteiger partial charge in [-0.05, 0) is 109 Å². The van der Waals surface area contributed by atoms with Crippen LogP contribution in [0.2, 0.25) is 0 Å². The summed E-state index contributed by atoms with van der Waals surface area (Å²) in [7, 11) is 0. The second-order valence-electron chi connectivity index (χ2n) is 16.1. The Morgan fingerprint density at radius 1 is 0.356 bits per heavy atom. The molecule has 9 aromatic carbocycles. The van der Waals surface area contributed by atoms with E-state index in [9.17, 15) is 0 Å². The molecule has 1 nitrogen and oxygen atoms in total. The predicted molar refractivity (Wildman–Crippen MR) is 253 cm³/mol. The van der Waals surface area contributed by atoms with Gasteiger partial charge in [0.1, 0.15) is 0 Å². The number of hydrogen-bond acceptors (Lipinski definition) is 2. The van der Waals surface area contributed by atoms with Crippen LogP contribution < -0.4 is 4.90 Å². The molecule has 0 saturated carbocycles. The van der Waals surface area contributed by atoms with Crippen LogP contribution in [0.5, 0.6) is 0 Å². The number of fused-ring (bicyclic) bond motifs is 6. The van der Waals surface area contributed by atoms with Crippen LogP contribution in [0, 0.1) is 0 Å². The standard InChI is InChI=1S/C57H41NS/c1-57(2)50-21-13-12-20-48(50)55-51(57)37-53-56(54(55)44-18-10-5-11-19-44)49-35-34-47(36-52(49)59-53)58(45-30-26-42(27-31-45)39-16-8-4-9-17-39)46-32-28-43(29-33-46)41-24-22-40(23-25-41)38-14-6-3-7-15-38/h3-37H,1-2H3. The van der Waals surface area contributed by atoms with Gasteiger partial charge in [-0.3, -0.25) is 0 Å². The van der Waals surface area contributed by atoms with Gasteiger partial charge >= 0.3 is 0 Å². The summed E-state index contributed by atoms with van der Waals surface area (Å²) in [5.74, 6) is 0. The highest BCUT2D eigenvalue weighted by molar-refractivity contribution is 7.26. The van der Waals surface area contributed by atoms with Gasteiger partial charge in [0.2, 0.25) is 0 Å². The molecule has 11 rings (SSSR count). The smallest absolute Gasteiger partial charge is 0.0476 e. The van der Waals surface area contributed by atoms with Crippen molar-refractivity contribution in [3.63, 3.8) is 0 Å². The fraction of sp³-hybridized carbons (Fsp3) is 0.0526. The first kappa shape index (κ1) is 35.2. The third kappa shape index (κ3) is 5.99. The first-order chi connectivity index (χ1) is 29.0. The Morgan fingerprint density at radius 3 is 1.34 bits per heavy atom. The lowest BCUT2D eigenvalue weighted by molar-refractivity contribution is 0.661. The molecule has 0 atom stereocenters. The van der Waals surface area contributed by atoms with Crippen LogP contribution in [0.25, 0.3) is 75.8 Å². The molecule has 2 heteroatoms. The van der Waals surface area contributed by atoms with Gasteiger partial charge < -0.3 is 4.90 Å². The predicted octanol–water partition coefficient (Wildman–Crippen LogP) is 16.5. The lowest BCUT2D eigenvalue weighted by atomic mass is 9.81. The molecule has 1 aliphatic carbocycles. The zero-order chi connectivity index (χ0) is 39.5. The molecule has 0 radical (unpaired) electrons. The first-order valence-electron chi connectivity index (χ1n) is 20.4. The molecule has 10 aromatic rings. The van der Waals surface area contributed by atoms with E-state index in [1.54, 1.807) is 0 Å². The van der Waals surface area contributed by atoms with Crippen molar-refractivity contribution in [3.05, 3.63) is 223 Å². The number of anilines is 3. The van der Waals surface area contributed by atoms with Gasteiger partial charge in [-0.1, -0.05) is 184 Å². The highest BCUT2D eigenvalue weighted by atomic mass is 32.1. The number of rotatable bonds is 7. The SMILES string of the molecule is CC1(C)c2ccccc2-c2c1cc1sc3cc(N(c4ccc(-c5ccccc5)cc4)c4ccc(-c5ccc(-c6ccccc6)cc5)cc4)ccc3c1c2-c1ccccc1. The molecular weight excluding hydrogens is 731 g/mol. The lowest BCUT2D eigenvalue weighted by Gasteiger charge is -2.26. The second kappa shape index (κ2) is 14.1. The largest absolute Gasteiger partial charge is 0.310 e. The molecule has 1 aromatic heterocycles. The Balaban J connectivity index is 1.05. The van der Waals surface area contributed by atoms with Gasteiger partial charge in [0, 0.05) is 42.6 Å². The average molecular weight is 772 g/mol. The Morgan fingerprint density at radius 2 is 0.797 bits per heavy atom. The lowest BCUT2D eigenvalue weighted by Crippen LogP contribution is -2.14. The second-order valence-corrected chi connectivity index (χ2v) is 17.2. The normalized spacial score (nSPS) is 12.7. The monoisotopic (exact) mass is 771 g/mol. The molecule has 0 saturated heterocycles. The zero-order valence-electron chi connectivity index (χ0n) is 33.1. The van der Waals surface area contributed by atoms with E-state index in [0.29, 0.717) is 0 Å². The molecule has 0 spiro atoms.